The second kappa shape index (κ2) is 6.52. The van der Waals surface area contributed by atoms with Crippen LogP contribution >= 0.6 is 0 Å². The van der Waals surface area contributed by atoms with Crippen LogP contribution in [0.15, 0.2) is 59.8 Å². The number of nitrogens with zero attached hydrogens (tertiary/aromatic N) is 1. The Hall–Kier alpha value is -2.62. The summed E-state index contributed by atoms with van der Waals surface area (Å²) in [6.07, 6.45) is 1.70. The molecule has 0 spiro atoms. The Morgan fingerprint density at radius 1 is 1.15 bits per heavy atom. The number of hydrogen-bond donors (Lipinski definition) is 2. The molecule has 4 nitrogen and oxygen atoms in total. The van der Waals surface area contributed by atoms with Crippen LogP contribution in [0.2, 0.25) is 0 Å². The quantitative estimate of drug-likeness (QED) is 0.786. The van der Waals surface area contributed by atoms with Crippen LogP contribution in [-0.4, -0.2) is 7.11 Å². The Balaban J connectivity index is 2.23. The van der Waals surface area contributed by atoms with E-state index < -0.39 is 0 Å². The van der Waals surface area contributed by atoms with Crippen LogP contribution in [-0.2, 0) is 0 Å². The van der Waals surface area contributed by atoms with Crippen molar-refractivity contribution in [3.8, 4) is 5.75 Å². The van der Waals surface area contributed by atoms with Crippen molar-refractivity contribution in [1.29, 1.82) is 5.53 Å². The molecule has 2 aromatic carbocycles. The molecule has 0 aliphatic heterocycles. The number of methoxy groups -OCH3 is 1. The summed E-state index contributed by atoms with van der Waals surface area (Å²) in [5, 5.41) is 6.69. The van der Waals surface area contributed by atoms with Crippen molar-refractivity contribution < 1.29 is 4.74 Å². The molecule has 2 rings (SSSR count). The number of hydrogen-bond acceptors (Lipinski definition) is 4. The van der Waals surface area contributed by atoms with E-state index in [2.05, 4.69) is 10.4 Å². The maximum atomic E-state index is 7.30. The van der Waals surface area contributed by atoms with Gasteiger partial charge in [-0.05, 0) is 19.1 Å². The molecule has 20 heavy (non-hydrogen) atoms. The first-order valence-electron chi connectivity index (χ1n) is 6.29. The van der Waals surface area contributed by atoms with E-state index in [0.717, 1.165) is 17.0 Å². The molecule has 0 amide bonds. The van der Waals surface area contributed by atoms with Gasteiger partial charge in [-0.1, -0.05) is 42.0 Å². The van der Waals surface area contributed by atoms with Crippen LogP contribution in [0.3, 0.4) is 0 Å². The average molecular weight is 267 g/mol. The predicted molar refractivity (Wildman–Crippen MR) is 80.9 cm³/mol. The molecule has 0 saturated carbocycles. The van der Waals surface area contributed by atoms with Gasteiger partial charge in [-0.25, -0.2) is 5.53 Å². The second-order valence-electron chi connectivity index (χ2n) is 4.35. The van der Waals surface area contributed by atoms with E-state index in [-0.39, 0.29) is 0 Å². The van der Waals surface area contributed by atoms with Crippen molar-refractivity contribution in [2.45, 2.75) is 6.92 Å². The monoisotopic (exact) mass is 267 g/mol. The average Bonchev–Trinajstić information content (AvgIpc) is 2.50. The highest BCUT2D eigenvalue weighted by atomic mass is 16.5. The highest BCUT2D eigenvalue weighted by Crippen LogP contribution is 2.24. The number of anilines is 1. The third kappa shape index (κ3) is 3.23. The summed E-state index contributed by atoms with van der Waals surface area (Å²) in [4.78, 5) is 0. The molecule has 0 aromatic heterocycles. The van der Waals surface area contributed by atoms with Gasteiger partial charge in [0.05, 0.1) is 12.8 Å². The smallest absolute Gasteiger partial charge is 0.142 e. The van der Waals surface area contributed by atoms with Gasteiger partial charge in [0.1, 0.15) is 11.4 Å². The van der Waals surface area contributed by atoms with Gasteiger partial charge in [-0.15, -0.1) is 0 Å². The number of para-hydroxylation sites is 2. The van der Waals surface area contributed by atoms with Gasteiger partial charge < -0.3 is 10.1 Å². The lowest BCUT2D eigenvalue weighted by atomic mass is 10.1. The van der Waals surface area contributed by atoms with Crippen molar-refractivity contribution in [1.82, 2.24) is 0 Å². The van der Waals surface area contributed by atoms with Gasteiger partial charge in [0.2, 0.25) is 0 Å². The van der Waals surface area contributed by atoms with Crippen LogP contribution in [0, 0.1) is 12.5 Å². The van der Waals surface area contributed by atoms with E-state index >= 15 is 0 Å². The van der Waals surface area contributed by atoms with Crippen molar-refractivity contribution >= 4 is 11.4 Å². The molecule has 0 fully saturated rings. The number of benzene rings is 2. The molecule has 0 saturated heterocycles. The van der Waals surface area contributed by atoms with E-state index in [9.17, 15) is 0 Å². The van der Waals surface area contributed by atoms with Gasteiger partial charge in [0, 0.05) is 11.8 Å². The Labute approximate surface area is 118 Å². The van der Waals surface area contributed by atoms with Gasteiger partial charge in [-0.2, -0.15) is 5.11 Å². The van der Waals surface area contributed by atoms with E-state index in [1.54, 1.807) is 13.3 Å². The SMILES string of the molecule is COc1ccccc1N/C=C(\N=N)c1ccc(C)cc1. The molecule has 102 valence electrons. The highest BCUT2D eigenvalue weighted by molar-refractivity contribution is 5.68. The van der Waals surface area contributed by atoms with Gasteiger partial charge in [0.15, 0.2) is 0 Å². The summed E-state index contributed by atoms with van der Waals surface area (Å²) in [5.41, 5.74) is 10.8. The van der Waals surface area contributed by atoms with Crippen LogP contribution < -0.4 is 10.1 Å². The summed E-state index contributed by atoms with van der Waals surface area (Å²) < 4.78 is 5.26. The van der Waals surface area contributed by atoms with Crippen molar-refractivity contribution in [3.63, 3.8) is 0 Å². The predicted octanol–water partition coefficient (Wildman–Crippen LogP) is 4.45. The molecule has 0 aliphatic carbocycles. The molecule has 0 heterocycles. The summed E-state index contributed by atoms with van der Waals surface area (Å²) in [6.45, 7) is 2.03. The van der Waals surface area contributed by atoms with Gasteiger partial charge in [0.25, 0.3) is 0 Å². The maximum Gasteiger partial charge on any atom is 0.142 e. The molecule has 0 aliphatic rings. The zero-order chi connectivity index (χ0) is 14.4. The summed E-state index contributed by atoms with van der Waals surface area (Å²) >= 11 is 0. The lowest BCUT2D eigenvalue weighted by Gasteiger charge is -2.08. The Bertz CT molecular complexity index is 618. The zero-order valence-corrected chi connectivity index (χ0v) is 11.6. The fourth-order valence-electron chi connectivity index (χ4n) is 1.81. The Morgan fingerprint density at radius 2 is 1.85 bits per heavy atom. The molecule has 0 radical (unpaired) electrons. The van der Waals surface area contributed by atoms with Gasteiger partial charge in [-0.3, -0.25) is 0 Å². The van der Waals surface area contributed by atoms with Crippen molar-refractivity contribution in [2.75, 3.05) is 12.4 Å². The van der Waals surface area contributed by atoms with E-state index in [1.807, 2.05) is 55.5 Å². The molecule has 2 aromatic rings. The number of nitrogens with one attached hydrogen (secondary N) is 2. The number of aryl methyl sites for hydroxylation is 1. The highest BCUT2D eigenvalue weighted by Gasteiger charge is 2.02. The summed E-state index contributed by atoms with van der Waals surface area (Å²) in [5.74, 6) is 0.747. The molecular weight excluding hydrogens is 250 g/mol. The molecule has 2 N–H and O–H groups in total. The summed E-state index contributed by atoms with van der Waals surface area (Å²) in [6, 6.07) is 15.5. The fourth-order valence-corrected chi connectivity index (χ4v) is 1.81. The minimum Gasteiger partial charge on any atom is -0.495 e. The minimum atomic E-state index is 0.566. The Morgan fingerprint density at radius 3 is 2.50 bits per heavy atom. The third-order valence-corrected chi connectivity index (χ3v) is 2.94. The van der Waals surface area contributed by atoms with Gasteiger partial charge >= 0.3 is 0 Å². The fraction of sp³-hybridized carbons (Fsp3) is 0.125. The van der Waals surface area contributed by atoms with E-state index in [0.29, 0.717) is 5.70 Å². The lowest BCUT2D eigenvalue weighted by Crippen LogP contribution is -1.94. The first-order valence-corrected chi connectivity index (χ1v) is 6.29. The molecule has 0 bridgehead atoms. The van der Waals surface area contributed by atoms with Crippen LogP contribution in [0.4, 0.5) is 5.69 Å². The van der Waals surface area contributed by atoms with Crippen molar-refractivity contribution in [3.05, 3.63) is 65.9 Å². The van der Waals surface area contributed by atoms with Crippen LogP contribution in [0.25, 0.3) is 5.70 Å². The molecule has 4 heteroatoms. The third-order valence-electron chi connectivity index (χ3n) is 2.94. The minimum absolute atomic E-state index is 0.566. The first-order chi connectivity index (χ1) is 9.74. The van der Waals surface area contributed by atoms with Crippen LogP contribution in [0.1, 0.15) is 11.1 Å². The lowest BCUT2D eigenvalue weighted by molar-refractivity contribution is 0.417. The standard InChI is InChI=1S/C16H17N3O/c1-12-7-9-13(10-8-12)15(19-17)11-18-14-5-3-4-6-16(14)20-2/h3-11,17-18H,1-2H3/b15-11-,19-17?. The number of ether oxygens (including phenoxy) is 1. The van der Waals surface area contributed by atoms with E-state index in [1.165, 1.54) is 5.56 Å². The molecule has 0 unspecified atom stereocenters. The second-order valence-corrected chi connectivity index (χ2v) is 4.35. The molecule has 0 atom stereocenters. The normalized spacial score (nSPS) is 11.0. The molecular formula is C16H17N3O. The maximum absolute atomic E-state index is 7.30. The van der Waals surface area contributed by atoms with Crippen LogP contribution in [0.5, 0.6) is 5.75 Å². The van der Waals surface area contributed by atoms with E-state index in [4.69, 9.17) is 10.3 Å². The van der Waals surface area contributed by atoms with Crippen molar-refractivity contribution in [2.24, 2.45) is 5.11 Å². The zero-order valence-electron chi connectivity index (χ0n) is 11.6. The largest absolute Gasteiger partial charge is 0.495 e. The Kier molecular flexibility index (Phi) is 4.50. The summed E-state index contributed by atoms with van der Waals surface area (Å²) in [7, 11) is 1.62. The number of rotatable bonds is 5. The topological polar surface area (TPSA) is 57.5 Å². The first kappa shape index (κ1) is 13.8.